The number of hydrogen-bond donors (Lipinski definition) is 3. The number of nitrogens with two attached hydrogens (primary N) is 1. The van der Waals surface area contributed by atoms with Crippen LogP contribution in [-0.2, 0) is 4.79 Å². The minimum atomic E-state index is -0.227. The molecule has 2 fully saturated rings. The average Bonchev–Trinajstić information content (AvgIpc) is 3.26. The molecule has 1 aromatic rings. The van der Waals surface area contributed by atoms with Crippen LogP contribution in [0.5, 0.6) is 5.75 Å². The van der Waals surface area contributed by atoms with Crippen molar-refractivity contribution in [3.63, 3.8) is 0 Å². The molecule has 0 bridgehead atoms. The Kier molecular flexibility index (Phi) is 8.43. The molecule has 31 heavy (non-hydrogen) atoms. The normalized spacial score (nSPS) is 20.9. The SMILES string of the molecule is CCC(NC(=O)C1CCCCC1)N1CCC(CNC(=O)c2cc(Cl)c(N)cc2OC)C1. The molecule has 1 saturated heterocycles. The molecule has 3 rings (SSSR count). The van der Waals surface area contributed by atoms with Gasteiger partial charge in [-0.05, 0) is 37.7 Å². The standard InChI is InChI=1S/C23H35ClN4O3/c1-3-21(27-22(29)16-7-5-4-6-8-16)28-10-9-15(14-28)13-26-23(30)17-11-18(24)19(25)12-20(17)31-2/h11-12,15-16,21H,3-10,13-14,25H2,1-2H3,(H,26,30)(H,27,29). The smallest absolute Gasteiger partial charge is 0.255 e. The van der Waals surface area contributed by atoms with Crippen LogP contribution in [0.15, 0.2) is 12.1 Å². The first-order valence-corrected chi connectivity index (χ1v) is 11.8. The first-order valence-electron chi connectivity index (χ1n) is 11.4. The van der Waals surface area contributed by atoms with E-state index in [4.69, 9.17) is 22.1 Å². The van der Waals surface area contributed by atoms with E-state index in [0.717, 1.165) is 51.6 Å². The summed E-state index contributed by atoms with van der Waals surface area (Å²) in [6.45, 7) is 4.44. The zero-order valence-electron chi connectivity index (χ0n) is 18.6. The number of nitrogens with zero attached hydrogens (tertiary/aromatic N) is 1. The molecule has 1 aromatic carbocycles. The molecule has 0 radical (unpaired) electrons. The van der Waals surface area contributed by atoms with Gasteiger partial charge < -0.3 is 21.1 Å². The van der Waals surface area contributed by atoms with Gasteiger partial charge in [-0.25, -0.2) is 0 Å². The fraction of sp³-hybridized carbons (Fsp3) is 0.652. The fourth-order valence-electron chi connectivity index (χ4n) is 4.66. The second-order valence-electron chi connectivity index (χ2n) is 8.70. The quantitative estimate of drug-likeness (QED) is 0.527. The summed E-state index contributed by atoms with van der Waals surface area (Å²) in [5, 5.41) is 6.60. The summed E-state index contributed by atoms with van der Waals surface area (Å²) in [5.74, 6) is 0.886. The number of likely N-dealkylation sites (tertiary alicyclic amines) is 1. The largest absolute Gasteiger partial charge is 0.496 e. The van der Waals surface area contributed by atoms with Crippen LogP contribution in [0.2, 0.25) is 5.02 Å². The Morgan fingerprint density at radius 1 is 1.26 bits per heavy atom. The van der Waals surface area contributed by atoms with Crippen LogP contribution in [0.25, 0.3) is 0 Å². The van der Waals surface area contributed by atoms with Gasteiger partial charge in [-0.15, -0.1) is 0 Å². The summed E-state index contributed by atoms with van der Waals surface area (Å²) in [7, 11) is 1.50. The molecule has 2 aliphatic rings. The third-order valence-electron chi connectivity index (χ3n) is 6.54. The van der Waals surface area contributed by atoms with E-state index in [2.05, 4.69) is 22.5 Å². The predicted molar refractivity (Wildman–Crippen MR) is 123 cm³/mol. The third kappa shape index (κ3) is 6.04. The molecule has 8 heteroatoms. The Morgan fingerprint density at radius 2 is 2.00 bits per heavy atom. The molecule has 2 unspecified atom stereocenters. The highest BCUT2D eigenvalue weighted by Gasteiger charge is 2.30. The zero-order valence-corrected chi connectivity index (χ0v) is 19.3. The van der Waals surface area contributed by atoms with Crippen LogP contribution in [-0.4, -0.2) is 49.6 Å². The average molecular weight is 451 g/mol. The number of nitrogen functional groups attached to an aromatic ring is 1. The van der Waals surface area contributed by atoms with Gasteiger partial charge in [-0.3, -0.25) is 14.5 Å². The number of anilines is 1. The van der Waals surface area contributed by atoms with E-state index in [1.807, 2.05) is 0 Å². The highest BCUT2D eigenvalue weighted by atomic mass is 35.5. The van der Waals surface area contributed by atoms with Crippen LogP contribution in [0, 0.1) is 11.8 Å². The van der Waals surface area contributed by atoms with Crippen molar-refractivity contribution in [2.75, 3.05) is 32.5 Å². The van der Waals surface area contributed by atoms with Crippen molar-refractivity contribution >= 4 is 29.1 Å². The predicted octanol–water partition coefficient (Wildman–Crippen LogP) is 3.42. The topological polar surface area (TPSA) is 96.7 Å². The Labute approximate surface area is 190 Å². The van der Waals surface area contributed by atoms with Crippen molar-refractivity contribution in [2.45, 2.75) is 58.0 Å². The molecule has 7 nitrogen and oxygen atoms in total. The number of benzene rings is 1. The highest BCUT2D eigenvalue weighted by Crippen LogP contribution is 2.29. The van der Waals surface area contributed by atoms with Gasteiger partial charge in [0.05, 0.1) is 29.5 Å². The van der Waals surface area contributed by atoms with E-state index in [-0.39, 0.29) is 23.9 Å². The minimum absolute atomic E-state index is 0.0612. The number of carbonyl (C=O) groups excluding carboxylic acids is 2. The fourth-order valence-corrected chi connectivity index (χ4v) is 4.82. The maximum absolute atomic E-state index is 12.7. The second-order valence-corrected chi connectivity index (χ2v) is 9.11. The molecule has 2 amide bonds. The minimum Gasteiger partial charge on any atom is -0.496 e. The molecule has 4 N–H and O–H groups in total. The van der Waals surface area contributed by atoms with Crippen molar-refractivity contribution in [1.29, 1.82) is 0 Å². The van der Waals surface area contributed by atoms with Crippen LogP contribution in [0.1, 0.15) is 62.2 Å². The van der Waals surface area contributed by atoms with E-state index >= 15 is 0 Å². The first-order chi connectivity index (χ1) is 14.9. The lowest BCUT2D eigenvalue weighted by Gasteiger charge is -2.30. The van der Waals surface area contributed by atoms with Gasteiger partial charge in [0.15, 0.2) is 0 Å². The van der Waals surface area contributed by atoms with Crippen molar-refractivity contribution in [1.82, 2.24) is 15.5 Å². The van der Waals surface area contributed by atoms with Crippen LogP contribution >= 0.6 is 11.6 Å². The van der Waals surface area contributed by atoms with Gasteiger partial charge in [0.2, 0.25) is 5.91 Å². The lowest BCUT2D eigenvalue weighted by molar-refractivity contribution is -0.128. The zero-order chi connectivity index (χ0) is 22.4. The van der Waals surface area contributed by atoms with Crippen molar-refractivity contribution in [3.05, 3.63) is 22.7 Å². The van der Waals surface area contributed by atoms with E-state index in [1.165, 1.54) is 13.5 Å². The van der Waals surface area contributed by atoms with Gasteiger partial charge in [-0.1, -0.05) is 37.8 Å². The second kappa shape index (κ2) is 11.0. The lowest BCUT2D eigenvalue weighted by atomic mass is 9.88. The first kappa shape index (κ1) is 23.7. The number of methoxy groups -OCH3 is 1. The lowest BCUT2D eigenvalue weighted by Crippen LogP contribution is -2.49. The van der Waals surface area contributed by atoms with Crippen LogP contribution in [0.3, 0.4) is 0 Å². The Hall–Kier alpha value is -1.99. The van der Waals surface area contributed by atoms with Gasteiger partial charge in [-0.2, -0.15) is 0 Å². The Bertz CT molecular complexity index is 782. The highest BCUT2D eigenvalue weighted by molar-refractivity contribution is 6.33. The summed E-state index contributed by atoms with van der Waals surface area (Å²) in [6, 6.07) is 3.11. The molecular formula is C23H35ClN4O3. The number of hydrogen-bond acceptors (Lipinski definition) is 5. The molecule has 1 aliphatic carbocycles. The monoisotopic (exact) mass is 450 g/mol. The van der Waals surface area contributed by atoms with E-state index in [1.54, 1.807) is 12.1 Å². The number of nitrogens with one attached hydrogen (secondary N) is 2. The van der Waals surface area contributed by atoms with Gasteiger partial charge >= 0.3 is 0 Å². The Morgan fingerprint density at radius 3 is 2.68 bits per heavy atom. The van der Waals surface area contributed by atoms with Gasteiger partial charge in [0, 0.05) is 31.6 Å². The molecule has 0 spiro atoms. The van der Waals surface area contributed by atoms with E-state index in [9.17, 15) is 9.59 Å². The number of amides is 2. The van der Waals surface area contributed by atoms with Crippen molar-refractivity contribution in [3.8, 4) is 5.75 Å². The summed E-state index contributed by atoms with van der Waals surface area (Å²) >= 11 is 6.08. The summed E-state index contributed by atoms with van der Waals surface area (Å²) < 4.78 is 5.28. The molecule has 0 aromatic heterocycles. The Balaban J connectivity index is 1.50. The molecule has 2 atom stereocenters. The van der Waals surface area contributed by atoms with Crippen LogP contribution in [0.4, 0.5) is 5.69 Å². The molecule has 1 aliphatic heterocycles. The summed E-state index contributed by atoms with van der Waals surface area (Å²) in [6.07, 6.45) is 7.49. The molecule has 1 heterocycles. The summed E-state index contributed by atoms with van der Waals surface area (Å²) in [4.78, 5) is 27.7. The van der Waals surface area contributed by atoms with Crippen molar-refractivity contribution in [2.24, 2.45) is 11.8 Å². The number of halogens is 1. The van der Waals surface area contributed by atoms with E-state index in [0.29, 0.717) is 34.5 Å². The molecular weight excluding hydrogens is 416 g/mol. The summed E-state index contributed by atoms with van der Waals surface area (Å²) in [5.41, 5.74) is 6.55. The van der Waals surface area contributed by atoms with Crippen molar-refractivity contribution < 1.29 is 14.3 Å². The van der Waals surface area contributed by atoms with Gasteiger partial charge in [0.1, 0.15) is 5.75 Å². The maximum Gasteiger partial charge on any atom is 0.255 e. The number of rotatable bonds is 8. The maximum atomic E-state index is 12.7. The third-order valence-corrected chi connectivity index (χ3v) is 6.87. The van der Waals surface area contributed by atoms with E-state index < -0.39 is 0 Å². The van der Waals surface area contributed by atoms with Gasteiger partial charge in [0.25, 0.3) is 5.91 Å². The molecule has 1 saturated carbocycles. The molecule has 172 valence electrons. The number of carbonyl (C=O) groups is 2. The number of ether oxygens (including phenoxy) is 1. The van der Waals surface area contributed by atoms with Crippen LogP contribution < -0.4 is 21.1 Å².